The fourth-order valence-corrected chi connectivity index (χ4v) is 4.55. The van der Waals surface area contributed by atoms with Gasteiger partial charge in [-0.1, -0.05) is 40.3 Å². The molecule has 0 heterocycles. The monoisotopic (exact) mass is 262 g/mol. The van der Waals surface area contributed by atoms with Crippen molar-refractivity contribution in [2.75, 3.05) is 0 Å². The first-order valence-electron chi connectivity index (χ1n) is 7.23. The summed E-state index contributed by atoms with van der Waals surface area (Å²) in [6.45, 7) is 16.8. The van der Waals surface area contributed by atoms with E-state index in [2.05, 4.69) is 33.9 Å². The van der Waals surface area contributed by atoms with E-state index in [0.717, 1.165) is 18.4 Å². The molecule has 2 nitrogen and oxygen atoms in total. The molecule has 0 aromatic carbocycles. The Bertz CT molecular complexity index is 433. The summed E-state index contributed by atoms with van der Waals surface area (Å²) in [5.41, 5.74) is 2.44. The lowest BCUT2D eigenvalue weighted by atomic mass is 9.49. The molecule has 0 aromatic heterocycles. The van der Waals surface area contributed by atoms with Gasteiger partial charge in [-0.05, 0) is 34.8 Å². The fraction of sp³-hybridized carbons (Fsp3) is 0.706. The number of carbonyl (C=O) groups excluding carboxylic acids is 1. The molecule has 0 unspecified atom stereocenters. The summed E-state index contributed by atoms with van der Waals surface area (Å²) in [6.07, 6.45) is 4.21. The lowest BCUT2D eigenvalue weighted by molar-refractivity contribution is -0.160. The molecular formula is C17H26O2. The van der Waals surface area contributed by atoms with E-state index in [1.165, 1.54) is 25.3 Å². The molecule has 0 bridgehead atoms. The van der Waals surface area contributed by atoms with Crippen LogP contribution in [0.25, 0.3) is 0 Å². The quantitative estimate of drug-likeness (QED) is 0.660. The first-order valence-corrected chi connectivity index (χ1v) is 7.23. The zero-order chi connectivity index (χ0) is 14.4. The van der Waals surface area contributed by atoms with E-state index in [4.69, 9.17) is 4.74 Å². The van der Waals surface area contributed by atoms with Crippen molar-refractivity contribution in [3.63, 3.8) is 0 Å². The molecule has 2 saturated carbocycles. The molecule has 19 heavy (non-hydrogen) atoms. The van der Waals surface area contributed by atoms with Gasteiger partial charge in [-0.2, -0.15) is 0 Å². The number of ether oxygens (including phenoxy) is 1. The third-order valence-corrected chi connectivity index (χ3v) is 5.30. The van der Waals surface area contributed by atoms with Gasteiger partial charge in [-0.25, -0.2) is 0 Å². The van der Waals surface area contributed by atoms with Gasteiger partial charge < -0.3 is 4.74 Å². The first kappa shape index (κ1) is 14.4. The Morgan fingerprint density at radius 1 is 1.26 bits per heavy atom. The standard InChI is InChI=1S/C17H26O2/c1-11-10-14(19-13(3)18)15-16(4,5)8-7-9-17(15,6)12(11)2/h14-15H,1-2,7-10H2,3-6H3/t14-,15-,17+/m0/s1. The zero-order valence-electron chi connectivity index (χ0n) is 12.7. The Balaban J connectivity index is 2.43. The highest BCUT2D eigenvalue weighted by molar-refractivity contribution is 5.66. The van der Waals surface area contributed by atoms with Crippen LogP contribution in [0, 0.1) is 16.7 Å². The highest BCUT2D eigenvalue weighted by atomic mass is 16.5. The molecule has 0 aliphatic heterocycles. The van der Waals surface area contributed by atoms with Crippen LogP contribution in [-0.4, -0.2) is 12.1 Å². The van der Waals surface area contributed by atoms with Crippen molar-refractivity contribution < 1.29 is 9.53 Å². The van der Waals surface area contributed by atoms with Crippen molar-refractivity contribution in [3.05, 3.63) is 24.3 Å². The van der Waals surface area contributed by atoms with Gasteiger partial charge in [0, 0.05) is 19.3 Å². The van der Waals surface area contributed by atoms with Gasteiger partial charge in [-0.3, -0.25) is 4.79 Å². The van der Waals surface area contributed by atoms with Gasteiger partial charge in [0.05, 0.1) is 0 Å². The minimum atomic E-state index is -0.186. The largest absolute Gasteiger partial charge is 0.462 e. The molecule has 2 heteroatoms. The van der Waals surface area contributed by atoms with Crippen LogP contribution < -0.4 is 0 Å². The summed E-state index contributed by atoms with van der Waals surface area (Å²) < 4.78 is 5.64. The minimum Gasteiger partial charge on any atom is -0.462 e. The molecular weight excluding hydrogens is 236 g/mol. The van der Waals surface area contributed by atoms with E-state index in [0.29, 0.717) is 5.92 Å². The van der Waals surface area contributed by atoms with Crippen LogP contribution in [0.5, 0.6) is 0 Å². The Labute approximate surface area is 116 Å². The molecule has 0 aromatic rings. The van der Waals surface area contributed by atoms with Gasteiger partial charge in [-0.15, -0.1) is 0 Å². The Kier molecular flexibility index (Phi) is 3.40. The summed E-state index contributed by atoms with van der Waals surface area (Å²) in [7, 11) is 0. The first-order chi connectivity index (χ1) is 8.68. The molecule has 2 fully saturated rings. The minimum absolute atomic E-state index is 0.0250. The number of esters is 1. The molecule has 0 saturated heterocycles. The molecule has 0 radical (unpaired) electrons. The zero-order valence-corrected chi connectivity index (χ0v) is 12.7. The summed E-state index contributed by atoms with van der Waals surface area (Å²) >= 11 is 0. The second-order valence-electron chi connectivity index (χ2n) is 7.17. The maximum Gasteiger partial charge on any atom is 0.302 e. The van der Waals surface area contributed by atoms with Crippen LogP contribution in [0.1, 0.15) is 53.4 Å². The van der Waals surface area contributed by atoms with Crippen LogP contribution in [0.3, 0.4) is 0 Å². The lowest BCUT2D eigenvalue weighted by Crippen LogP contribution is -2.53. The summed E-state index contributed by atoms with van der Waals surface area (Å²) in [5.74, 6) is 0.157. The van der Waals surface area contributed by atoms with E-state index >= 15 is 0 Å². The number of rotatable bonds is 1. The third-order valence-electron chi connectivity index (χ3n) is 5.30. The normalized spacial score (nSPS) is 37.7. The van der Waals surface area contributed by atoms with Crippen molar-refractivity contribution in [1.29, 1.82) is 0 Å². The van der Waals surface area contributed by atoms with Gasteiger partial charge in [0.1, 0.15) is 6.10 Å². The Hall–Kier alpha value is -1.05. The van der Waals surface area contributed by atoms with Gasteiger partial charge in [0.2, 0.25) is 0 Å². The summed E-state index contributed by atoms with van der Waals surface area (Å²) in [6, 6.07) is 0. The average molecular weight is 262 g/mol. The molecule has 2 aliphatic carbocycles. The third kappa shape index (κ3) is 2.26. The van der Waals surface area contributed by atoms with Crippen molar-refractivity contribution in [3.8, 4) is 0 Å². The highest BCUT2D eigenvalue weighted by Crippen LogP contribution is 2.60. The second-order valence-corrected chi connectivity index (χ2v) is 7.17. The SMILES string of the molecule is C=C1C[C@H](OC(C)=O)[C@H]2C(C)(C)CCC[C@]2(C)C1=C. The van der Waals surface area contributed by atoms with Crippen molar-refractivity contribution in [2.45, 2.75) is 59.5 Å². The molecule has 0 amide bonds. The van der Waals surface area contributed by atoms with Crippen LogP contribution in [-0.2, 0) is 9.53 Å². The van der Waals surface area contributed by atoms with E-state index in [1.54, 1.807) is 0 Å². The maximum absolute atomic E-state index is 11.4. The van der Waals surface area contributed by atoms with Crippen molar-refractivity contribution in [2.24, 2.45) is 16.7 Å². The summed E-state index contributed by atoms with van der Waals surface area (Å²) in [4.78, 5) is 11.4. The average Bonchev–Trinajstić information content (AvgIpc) is 2.23. The summed E-state index contributed by atoms with van der Waals surface area (Å²) in [5, 5.41) is 0. The Morgan fingerprint density at radius 3 is 2.47 bits per heavy atom. The maximum atomic E-state index is 11.4. The molecule has 2 rings (SSSR count). The predicted molar refractivity (Wildman–Crippen MR) is 77.7 cm³/mol. The van der Waals surface area contributed by atoms with E-state index in [9.17, 15) is 4.79 Å². The van der Waals surface area contributed by atoms with Gasteiger partial charge >= 0.3 is 5.97 Å². The number of carbonyl (C=O) groups is 1. The van der Waals surface area contributed by atoms with Gasteiger partial charge in [0.25, 0.3) is 0 Å². The van der Waals surface area contributed by atoms with Crippen molar-refractivity contribution in [1.82, 2.24) is 0 Å². The molecule has 106 valence electrons. The highest BCUT2D eigenvalue weighted by Gasteiger charge is 2.55. The molecule has 2 aliphatic rings. The number of hydrogen-bond acceptors (Lipinski definition) is 2. The topological polar surface area (TPSA) is 26.3 Å². The fourth-order valence-electron chi connectivity index (χ4n) is 4.55. The predicted octanol–water partition coefficient (Wildman–Crippen LogP) is 4.27. The van der Waals surface area contributed by atoms with Crippen LogP contribution in [0.2, 0.25) is 0 Å². The van der Waals surface area contributed by atoms with E-state index in [-0.39, 0.29) is 22.9 Å². The smallest absolute Gasteiger partial charge is 0.302 e. The van der Waals surface area contributed by atoms with Crippen LogP contribution >= 0.6 is 0 Å². The van der Waals surface area contributed by atoms with Crippen molar-refractivity contribution >= 4 is 5.97 Å². The van der Waals surface area contributed by atoms with E-state index < -0.39 is 0 Å². The Morgan fingerprint density at radius 2 is 1.89 bits per heavy atom. The lowest BCUT2D eigenvalue weighted by Gasteiger charge is -2.57. The van der Waals surface area contributed by atoms with Crippen LogP contribution in [0.4, 0.5) is 0 Å². The molecule has 3 atom stereocenters. The van der Waals surface area contributed by atoms with Gasteiger partial charge in [0.15, 0.2) is 0 Å². The number of hydrogen-bond donors (Lipinski definition) is 0. The van der Waals surface area contributed by atoms with E-state index in [1.807, 2.05) is 0 Å². The molecule has 0 spiro atoms. The number of allylic oxidation sites excluding steroid dienone is 1. The second kappa shape index (κ2) is 4.50. The number of fused-ring (bicyclic) bond motifs is 1. The molecule has 0 N–H and O–H groups in total. The van der Waals surface area contributed by atoms with Crippen LogP contribution in [0.15, 0.2) is 24.3 Å².